The second-order valence-corrected chi connectivity index (χ2v) is 7.12. The fourth-order valence-corrected chi connectivity index (χ4v) is 3.00. The average molecular weight is 304 g/mol. The molecule has 2 unspecified atom stereocenters. The highest BCUT2D eigenvalue weighted by molar-refractivity contribution is 5.20. The summed E-state index contributed by atoms with van der Waals surface area (Å²) in [5.74, 6) is 1.40. The van der Waals surface area contributed by atoms with Crippen LogP contribution in [0.2, 0.25) is 0 Å². The first-order valence-corrected chi connectivity index (χ1v) is 9.33. The molecule has 0 aromatic heterocycles. The summed E-state index contributed by atoms with van der Waals surface area (Å²) < 4.78 is 0. The topological polar surface area (TPSA) is 3.24 Å². The van der Waals surface area contributed by atoms with Gasteiger partial charge < -0.3 is 4.90 Å². The van der Waals surface area contributed by atoms with Crippen molar-refractivity contribution in [2.75, 3.05) is 14.1 Å². The number of allylic oxidation sites excluding steroid dienone is 5. The maximum absolute atomic E-state index is 2.53. The summed E-state index contributed by atoms with van der Waals surface area (Å²) in [6.45, 7) is 4.61. The largest absolute Gasteiger partial charge is 0.384 e. The molecule has 0 fully saturated rings. The van der Waals surface area contributed by atoms with Gasteiger partial charge in [-0.2, -0.15) is 0 Å². The van der Waals surface area contributed by atoms with Crippen molar-refractivity contribution in [3.05, 3.63) is 36.1 Å². The minimum Gasteiger partial charge on any atom is -0.384 e. The van der Waals surface area contributed by atoms with Gasteiger partial charge >= 0.3 is 0 Å². The molecule has 0 aromatic carbocycles. The second-order valence-electron chi connectivity index (χ2n) is 7.12. The summed E-state index contributed by atoms with van der Waals surface area (Å²) in [7, 11) is 4.15. The third-order valence-electron chi connectivity index (χ3n) is 4.67. The smallest absolute Gasteiger partial charge is 0.00555 e. The molecule has 22 heavy (non-hydrogen) atoms. The molecular weight excluding hydrogens is 266 g/mol. The average Bonchev–Trinajstić information content (AvgIpc) is 2.55. The van der Waals surface area contributed by atoms with Gasteiger partial charge in [0.1, 0.15) is 0 Å². The molecule has 2 atom stereocenters. The lowest BCUT2D eigenvalue weighted by Crippen LogP contribution is -2.01. The monoisotopic (exact) mass is 303 g/mol. The van der Waals surface area contributed by atoms with Gasteiger partial charge in [0.2, 0.25) is 0 Å². The molecule has 0 saturated heterocycles. The third-order valence-corrected chi connectivity index (χ3v) is 4.67. The Morgan fingerprint density at radius 3 is 2.59 bits per heavy atom. The van der Waals surface area contributed by atoms with Gasteiger partial charge in [-0.3, -0.25) is 0 Å². The van der Waals surface area contributed by atoms with E-state index >= 15 is 0 Å². The van der Waals surface area contributed by atoms with Gasteiger partial charge in [0.05, 0.1) is 0 Å². The number of hydrogen-bond acceptors (Lipinski definition) is 1. The van der Waals surface area contributed by atoms with E-state index in [1.54, 1.807) is 5.57 Å². The minimum atomic E-state index is 0.503. The van der Waals surface area contributed by atoms with Crippen LogP contribution in [0, 0.1) is 11.8 Å². The molecule has 0 heterocycles. The van der Waals surface area contributed by atoms with E-state index in [2.05, 4.69) is 63.3 Å². The van der Waals surface area contributed by atoms with Crippen LogP contribution in [0.3, 0.4) is 0 Å². The summed E-state index contributed by atoms with van der Waals surface area (Å²) >= 11 is 0. The van der Waals surface area contributed by atoms with Gasteiger partial charge in [0.25, 0.3) is 0 Å². The van der Waals surface area contributed by atoms with E-state index in [1.165, 1.54) is 57.8 Å². The van der Waals surface area contributed by atoms with Crippen LogP contribution in [0.15, 0.2) is 36.1 Å². The molecule has 0 radical (unpaired) electrons. The minimum absolute atomic E-state index is 0.503. The van der Waals surface area contributed by atoms with Crippen LogP contribution in [0.25, 0.3) is 0 Å². The molecule has 1 aliphatic rings. The second kappa shape index (κ2) is 11.6. The highest BCUT2D eigenvalue weighted by Crippen LogP contribution is 2.23. The van der Waals surface area contributed by atoms with Crippen LogP contribution in [0.5, 0.6) is 0 Å². The van der Waals surface area contributed by atoms with Crippen molar-refractivity contribution >= 4 is 0 Å². The summed E-state index contributed by atoms with van der Waals surface area (Å²) in [6, 6.07) is 0. The lowest BCUT2D eigenvalue weighted by atomic mass is 9.94. The zero-order valence-corrected chi connectivity index (χ0v) is 15.4. The van der Waals surface area contributed by atoms with Crippen molar-refractivity contribution < 1.29 is 0 Å². The van der Waals surface area contributed by atoms with Crippen molar-refractivity contribution in [1.29, 1.82) is 0 Å². The van der Waals surface area contributed by atoms with E-state index in [9.17, 15) is 0 Å². The van der Waals surface area contributed by atoms with E-state index in [-0.39, 0.29) is 0 Å². The first-order valence-electron chi connectivity index (χ1n) is 9.33. The van der Waals surface area contributed by atoms with Crippen LogP contribution in [0.4, 0.5) is 0 Å². The molecule has 0 amide bonds. The highest BCUT2D eigenvalue weighted by atomic mass is 15.0. The molecular formula is C21H37N. The maximum atomic E-state index is 2.53. The predicted octanol–water partition coefficient (Wildman–Crippen LogP) is 6.34. The normalized spacial score (nSPS) is 25.6. The molecule has 0 aliphatic heterocycles. The molecule has 1 rings (SSSR count). The Morgan fingerprint density at radius 1 is 1.14 bits per heavy atom. The first-order chi connectivity index (χ1) is 10.6. The molecule has 0 aromatic rings. The van der Waals surface area contributed by atoms with Crippen molar-refractivity contribution in [2.45, 2.75) is 71.6 Å². The van der Waals surface area contributed by atoms with E-state index < -0.39 is 0 Å². The van der Waals surface area contributed by atoms with Gasteiger partial charge in [-0.25, -0.2) is 0 Å². The zero-order valence-electron chi connectivity index (χ0n) is 15.4. The van der Waals surface area contributed by atoms with E-state index in [4.69, 9.17) is 0 Å². The van der Waals surface area contributed by atoms with Crippen molar-refractivity contribution in [3.63, 3.8) is 0 Å². The van der Waals surface area contributed by atoms with Crippen molar-refractivity contribution in [3.8, 4) is 0 Å². The summed E-state index contributed by atoms with van der Waals surface area (Å²) in [5.41, 5.74) is 1.56. The van der Waals surface area contributed by atoms with E-state index in [0.29, 0.717) is 5.92 Å². The fraction of sp³-hybridized carbons (Fsp3) is 0.714. The van der Waals surface area contributed by atoms with Crippen molar-refractivity contribution in [1.82, 2.24) is 4.90 Å². The van der Waals surface area contributed by atoms with Crippen LogP contribution in [0.1, 0.15) is 71.6 Å². The Hall–Kier alpha value is -0.980. The molecule has 0 saturated carbocycles. The summed E-state index contributed by atoms with van der Waals surface area (Å²) in [4.78, 5) is 2.10. The van der Waals surface area contributed by atoms with Gasteiger partial charge in [0.15, 0.2) is 0 Å². The van der Waals surface area contributed by atoms with Gasteiger partial charge in [-0.05, 0) is 37.3 Å². The van der Waals surface area contributed by atoms with Gasteiger partial charge in [0, 0.05) is 14.1 Å². The highest BCUT2D eigenvalue weighted by Gasteiger charge is 2.06. The quantitative estimate of drug-likeness (QED) is 0.572. The first kappa shape index (κ1) is 19.1. The van der Waals surface area contributed by atoms with Crippen LogP contribution < -0.4 is 0 Å². The number of nitrogens with zero attached hydrogens (tertiary/aromatic N) is 1. The van der Waals surface area contributed by atoms with Gasteiger partial charge in [-0.1, -0.05) is 82.2 Å². The molecule has 1 aliphatic carbocycles. The fourth-order valence-electron chi connectivity index (χ4n) is 3.00. The Morgan fingerprint density at radius 2 is 1.86 bits per heavy atom. The Labute approximate surface area is 139 Å². The Balaban J connectivity index is 2.63. The maximum Gasteiger partial charge on any atom is 0.00555 e. The van der Waals surface area contributed by atoms with Crippen LogP contribution in [-0.2, 0) is 0 Å². The van der Waals surface area contributed by atoms with E-state index in [0.717, 1.165) is 5.92 Å². The zero-order chi connectivity index (χ0) is 16.2. The number of hydrogen-bond donors (Lipinski definition) is 0. The van der Waals surface area contributed by atoms with Crippen LogP contribution in [-0.4, -0.2) is 19.0 Å². The molecule has 126 valence electrons. The SMILES string of the molecule is CCC1C/C=C(\C=C\C(C)/C=C/N(C)C)CCCCCCC1. The molecule has 1 nitrogen and oxygen atoms in total. The van der Waals surface area contributed by atoms with Crippen molar-refractivity contribution in [2.24, 2.45) is 11.8 Å². The predicted molar refractivity (Wildman–Crippen MR) is 99.9 cm³/mol. The Kier molecular flexibility index (Phi) is 10.0. The van der Waals surface area contributed by atoms with Crippen LogP contribution >= 0.6 is 0 Å². The molecule has 1 heteroatoms. The lowest BCUT2D eigenvalue weighted by Gasteiger charge is -2.12. The Bertz CT molecular complexity index is 362. The van der Waals surface area contributed by atoms with E-state index in [1.807, 2.05) is 0 Å². The summed E-state index contributed by atoms with van der Waals surface area (Å²) in [6.07, 6.45) is 24.0. The molecule has 0 N–H and O–H groups in total. The van der Waals surface area contributed by atoms with Gasteiger partial charge in [-0.15, -0.1) is 0 Å². The number of rotatable bonds is 5. The standard InChI is InChI=1S/C21H37N/c1-5-20-11-9-7-6-8-10-12-21(16-15-20)14-13-19(2)17-18-22(3)4/h13-14,16-20H,5-12,15H2,1-4H3/b14-13+,18-17+,21-16-. The summed E-state index contributed by atoms with van der Waals surface area (Å²) in [5, 5.41) is 0. The lowest BCUT2D eigenvalue weighted by molar-refractivity contribution is 0.445. The third kappa shape index (κ3) is 9.12. The molecule has 0 spiro atoms. The molecule has 0 bridgehead atoms.